The molecule has 2 atom stereocenters. The Labute approximate surface area is 214 Å². The first-order chi connectivity index (χ1) is 17.6. The van der Waals surface area contributed by atoms with E-state index < -0.39 is 0 Å². The van der Waals surface area contributed by atoms with Gasteiger partial charge in [-0.1, -0.05) is 0 Å². The maximum Gasteiger partial charge on any atom is 0.270 e. The number of amides is 1. The second-order valence-corrected chi connectivity index (χ2v) is 11.4. The Bertz CT molecular complexity index is 1060. The summed E-state index contributed by atoms with van der Waals surface area (Å²) >= 11 is 0. The number of carbonyl (C=O) groups excluding carboxylic acids is 1. The van der Waals surface area contributed by atoms with Gasteiger partial charge in [0, 0.05) is 38.3 Å². The molecule has 4 aliphatic rings. The van der Waals surface area contributed by atoms with Crippen LogP contribution in [0.5, 0.6) is 0 Å². The Morgan fingerprint density at radius 3 is 2.33 bits per heavy atom. The van der Waals surface area contributed by atoms with E-state index in [1.165, 1.54) is 32.5 Å². The Kier molecular flexibility index (Phi) is 6.88. The van der Waals surface area contributed by atoms with Crippen LogP contribution in [0.25, 0.3) is 11.0 Å². The number of ether oxygens (including phenoxy) is 1. The normalized spacial score (nSPS) is 25.9. The highest BCUT2D eigenvalue weighted by Gasteiger charge is 2.38. The van der Waals surface area contributed by atoms with Gasteiger partial charge >= 0.3 is 0 Å². The van der Waals surface area contributed by atoms with E-state index in [0.29, 0.717) is 23.4 Å². The van der Waals surface area contributed by atoms with Crippen LogP contribution in [0.15, 0.2) is 12.1 Å². The number of carbonyl (C=O) groups is 1. The van der Waals surface area contributed by atoms with Crippen LogP contribution in [-0.2, 0) is 4.74 Å². The van der Waals surface area contributed by atoms with Gasteiger partial charge in [-0.25, -0.2) is 4.98 Å². The van der Waals surface area contributed by atoms with Crippen LogP contribution in [0.2, 0.25) is 0 Å². The Morgan fingerprint density at radius 1 is 1.00 bits per heavy atom. The first-order valence-corrected chi connectivity index (χ1v) is 14.1. The molecule has 4 fully saturated rings. The van der Waals surface area contributed by atoms with Crippen molar-refractivity contribution in [1.29, 1.82) is 0 Å². The summed E-state index contributed by atoms with van der Waals surface area (Å²) < 4.78 is 7.61. The highest BCUT2D eigenvalue weighted by molar-refractivity contribution is 6.04. The second-order valence-electron chi connectivity index (χ2n) is 11.4. The Hall–Kier alpha value is -2.23. The van der Waals surface area contributed by atoms with Crippen LogP contribution in [0.4, 0.5) is 5.82 Å². The minimum atomic E-state index is -0.0253. The number of pyridine rings is 1. The minimum Gasteiger partial charge on any atom is -0.377 e. The number of nitrogens with one attached hydrogen (secondary N) is 1. The molecule has 2 aromatic heterocycles. The summed E-state index contributed by atoms with van der Waals surface area (Å²) in [7, 11) is 0. The molecule has 1 N–H and O–H groups in total. The van der Waals surface area contributed by atoms with Gasteiger partial charge in [0.1, 0.15) is 11.5 Å². The van der Waals surface area contributed by atoms with Crippen molar-refractivity contribution in [2.75, 3.05) is 57.4 Å². The highest BCUT2D eigenvalue weighted by Crippen LogP contribution is 2.34. The van der Waals surface area contributed by atoms with Gasteiger partial charge in [-0.05, 0) is 77.6 Å². The SMILES string of the molecule is CC(C)n1nc2nc(N3C4CCC3COC4)ccc2c1C(=O)NC1CCN(CCN2CCCC2)CC1. The summed E-state index contributed by atoms with van der Waals surface area (Å²) in [5, 5.41) is 8.98. The number of hydrogen-bond donors (Lipinski definition) is 1. The van der Waals surface area contributed by atoms with E-state index in [4.69, 9.17) is 14.8 Å². The zero-order valence-electron chi connectivity index (χ0n) is 21.9. The fourth-order valence-electron chi connectivity index (χ4n) is 6.57. The van der Waals surface area contributed by atoms with Crippen LogP contribution >= 0.6 is 0 Å². The number of nitrogens with zero attached hydrogens (tertiary/aromatic N) is 6. The molecule has 36 heavy (non-hydrogen) atoms. The molecule has 0 spiro atoms. The van der Waals surface area contributed by atoms with E-state index in [1.807, 2.05) is 10.7 Å². The summed E-state index contributed by atoms with van der Waals surface area (Å²) in [6, 6.07) is 5.20. The number of fused-ring (bicyclic) bond motifs is 3. The third-order valence-electron chi connectivity index (χ3n) is 8.61. The summed E-state index contributed by atoms with van der Waals surface area (Å²) in [5.74, 6) is 0.933. The molecule has 2 aromatic rings. The molecule has 0 radical (unpaired) electrons. The zero-order chi connectivity index (χ0) is 24.6. The zero-order valence-corrected chi connectivity index (χ0v) is 21.9. The molecular weight excluding hydrogens is 454 g/mol. The molecule has 2 unspecified atom stereocenters. The van der Waals surface area contributed by atoms with Gasteiger partial charge in [-0.2, -0.15) is 5.10 Å². The smallest absolute Gasteiger partial charge is 0.270 e. The molecular formula is C27H41N7O2. The standard InChI is InChI=1S/C27H41N7O2/c1-19(2)34-25(27(35)28-20-9-13-32(14-10-20)16-15-31-11-3-4-12-31)23-7-8-24(29-26(23)30-34)33-21-5-6-22(33)18-36-17-21/h7-8,19-22H,3-6,9-18H2,1-2H3,(H,28,35). The topological polar surface area (TPSA) is 78.8 Å². The molecule has 2 bridgehead atoms. The predicted octanol–water partition coefficient (Wildman–Crippen LogP) is 2.67. The summed E-state index contributed by atoms with van der Waals surface area (Å²) in [4.78, 5) is 26.0. The number of morpholine rings is 1. The van der Waals surface area contributed by atoms with E-state index in [2.05, 4.69) is 39.9 Å². The van der Waals surface area contributed by atoms with Crippen LogP contribution in [0, 0.1) is 0 Å². The van der Waals surface area contributed by atoms with Crippen LogP contribution in [-0.4, -0.2) is 101 Å². The van der Waals surface area contributed by atoms with Crippen LogP contribution in [0.3, 0.4) is 0 Å². The van der Waals surface area contributed by atoms with Gasteiger partial charge in [0.25, 0.3) is 5.91 Å². The van der Waals surface area contributed by atoms with E-state index in [1.54, 1.807) is 0 Å². The third-order valence-corrected chi connectivity index (χ3v) is 8.61. The Morgan fingerprint density at radius 2 is 1.67 bits per heavy atom. The third kappa shape index (κ3) is 4.73. The molecule has 6 heterocycles. The monoisotopic (exact) mass is 495 g/mol. The van der Waals surface area contributed by atoms with E-state index in [-0.39, 0.29) is 18.0 Å². The first kappa shape index (κ1) is 24.1. The fourth-order valence-corrected chi connectivity index (χ4v) is 6.57. The lowest BCUT2D eigenvalue weighted by Gasteiger charge is -2.35. The van der Waals surface area contributed by atoms with Crippen molar-refractivity contribution in [3.63, 3.8) is 0 Å². The number of rotatable bonds is 7. The maximum absolute atomic E-state index is 13.5. The summed E-state index contributed by atoms with van der Waals surface area (Å²) in [6.07, 6.45) is 7.00. The molecule has 4 saturated heterocycles. The van der Waals surface area contributed by atoms with Crippen molar-refractivity contribution in [2.24, 2.45) is 0 Å². The summed E-state index contributed by atoms with van der Waals surface area (Å²) in [6.45, 7) is 12.6. The van der Waals surface area contributed by atoms with E-state index in [9.17, 15) is 4.79 Å². The molecule has 196 valence electrons. The predicted molar refractivity (Wildman–Crippen MR) is 141 cm³/mol. The van der Waals surface area contributed by atoms with Crippen molar-refractivity contribution in [2.45, 2.75) is 76.5 Å². The lowest BCUT2D eigenvalue weighted by atomic mass is 10.0. The van der Waals surface area contributed by atoms with Crippen molar-refractivity contribution in [3.8, 4) is 0 Å². The molecule has 9 heteroatoms. The number of aromatic nitrogens is 3. The average molecular weight is 496 g/mol. The quantitative estimate of drug-likeness (QED) is 0.633. The lowest BCUT2D eigenvalue weighted by molar-refractivity contribution is 0.0897. The van der Waals surface area contributed by atoms with Crippen molar-refractivity contribution < 1.29 is 9.53 Å². The molecule has 0 aliphatic carbocycles. The highest BCUT2D eigenvalue weighted by atomic mass is 16.5. The average Bonchev–Trinajstić information content (AvgIpc) is 3.59. The lowest BCUT2D eigenvalue weighted by Crippen LogP contribution is -2.46. The van der Waals surface area contributed by atoms with Gasteiger partial charge in [0.05, 0.1) is 30.7 Å². The number of anilines is 1. The molecule has 4 aliphatic heterocycles. The van der Waals surface area contributed by atoms with Gasteiger partial charge in [-0.15, -0.1) is 0 Å². The van der Waals surface area contributed by atoms with Crippen molar-refractivity contribution in [3.05, 3.63) is 17.8 Å². The second kappa shape index (κ2) is 10.3. The molecule has 0 aromatic carbocycles. The number of hydrogen-bond acceptors (Lipinski definition) is 7. The van der Waals surface area contributed by atoms with Crippen molar-refractivity contribution >= 4 is 22.8 Å². The summed E-state index contributed by atoms with van der Waals surface area (Å²) in [5.41, 5.74) is 1.30. The largest absolute Gasteiger partial charge is 0.377 e. The van der Waals surface area contributed by atoms with Gasteiger partial charge in [0.15, 0.2) is 5.65 Å². The van der Waals surface area contributed by atoms with Crippen LogP contribution in [0.1, 0.15) is 68.9 Å². The minimum absolute atomic E-state index is 0.0253. The van der Waals surface area contributed by atoms with Crippen LogP contribution < -0.4 is 10.2 Å². The van der Waals surface area contributed by atoms with Gasteiger partial charge < -0.3 is 24.8 Å². The van der Waals surface area contributed by atoms with Gasteiger partial charge in [0.2, 0.25) is 0 Å². The molecule has 6 rings (SSSR count). The molecule has 1 amide bonds. The molecule has 9 nitrogen and oxygen atoms in total. The Balaban J connectivity index is 1.13. The van der Waals surface area contributed by atoms with Gasteiger partial charge in [-0.3, -0.25) is 9.48 Å². The number of piperidine rings is 1. The van der Waals surface area contributed by atoms with E-state index in [0.717, 1.165) is 69.7 Å². The molecule has 0 saturated carbocycles. The fraction of sp³-hybridized carbons (Fsp3) is 0.741. The maximum atomic E-state index is 13.5. The number of likely N-dealkylation sites (tertiary alicyclic amines) is 2. The van der Waals surface area contributed by atoms with E-state index >= 15 is 0 Å². The van der Waals surface area contributed by atoms with Crippen molar-refractivity contribution in [1.82, 2.24) is 29.9 Å². The first-order valence-electron chi connectivity index (χ1n) is 14.1.